The fourth-order valence-corrected chi connectivity index (χ4v) is 3.32. The third-order valence-corrected chi connectivity index (χ3v) is 4.77. The van der Waals surface area contributed by atoms with Gasteiger partial charge in [-0.1, -0.05) is 19.8 Å². The van der Waals surface area contributed by atoms with Crippen molar-refractivity contribution < 1.29 is 9.90 Å². The molecule has 4 heteroatoms. The largest absolute Gasteiger partial charge is 0.477 e. The van der Waals surface area contributed by atoms with Gasteiger partial charge in [-0.25, -0.2) is 4.79 Å². The minimum atomic E-state index is -0.824. The number of carboxylic acid groups (broad SMARTS) is 1. The molecule has 1 aliphatic carbocycles. The van der Waals surface area contributed by atoms with Gasteiger partial charge in [0.1, 0.15) is 4.88 Å². The lowest BCUT2D eigenvalue weighted by molar-refractivity contribution is 0.0702. The van der Waals surface area contributed by atoms with Crippen LogP contribution in [0.2, 0.25) is 0 Å². The molecule has 0 radical (unpaired) electrons. The smallest absolute Gasteiger partial charge is 0.345 e. The second-order valence-corrected chi connectivity index (χ2v) is 6.43. The second kappa shape index (κ2) is 6.34. The maximum absolute atomic E-state index is 10.8. The summed E-state index contributed by atoms with van der Waals surface area (Å²) in [5.74, 6) is 0.0340. The fraction of sp³-hybridized carbons (Fsp3) is 0.643. The van der Waals surface area contributed by atoms with Crippen LogP contribution in [0, 0.1) is 5.92 Å². The number of carboxylic acids is 1. The van der Waals surface area contributed by atoms with Gasteiger partial charge in [-0.2, -0.15) is 0 Å². The SMILES string of the molecule is CC1CCCC(NCc2ccc(C(=O)O)s2)CC1. The molecule has 2 rings (SSSR count). The molecule has 2 unspecified atom stereocenters. The predicted octanol–water partition coefficient (Wildman–Crippen LogP) is 3.50. The van der Waals surface area contributed by atoms with E-state index in [0.717, 1.165) is 17.3 Å². The zero-order valence-electron chi connectivity index (χ0n) is 10.8. The normalized spacial score (nSPS) is 24.7. The minimum absolute atomic E-state index is 0.432. The number of hydrogen-bond donors (Lipinski definition) is 2. The highest BCUT2D eigenvalue weighted by atomic mass is 32.1. The van der Waals surface area contributed by atoms with Crippen molar-refractivity contribution in [1.29, 1.82) is 0 Å². The van der Waals surface area contributed by atoms with Gasteiger partial charge in [-0.3, -0.25) is 0 Å². The highest BCUT2D eigenvalue weighted by molar-refractivity contribution is 7.13. The van der Waals surface area contributed by atoms with Crippen LogP contribution in [0.5, 0.6) is 0 Å². The zero-order valence-corrected chi connectivity index (χ0v) is 11.6. The molecule has 1 aromatic rings. The summed E-state index contributed by atoms with van der Waals surface area (Å²) in [4.78, 5) is 12.3. The maximum atomic E-state index is 10.8. The standard InChI is InChI=1S/C14H21NO2S/c1-10-3-2-4-11(6-5-10)15-9-12-7-8-13(18-12)14(16)17/h7-8,10-11,15H,2-6,9H2,1H3,(H,16,17). The first-order valence-corrected chi connectivity index (χ1v) is 7.52. The third kappa shape index (κ3) is 3.82. The Bertz CT molecular complexity index is 402. The number of hydrogen-bond acceptors (Lipinski definition) is 3. The van der Waals surface area contributed by atoms with Crippen LogP contribution in [0.4, 0.5) is 0 Å². The molecule has 1 saturated carbocycles. The van der Waals surface area contributed by atoms with Crippen molar-refractivity contribution in [1.82, 2.24) is 5.32 Å². The summed E-state index contributed by atoms with van der Waals surface area (Å²) in [7, 11) is 0. The highest BCUT2D eigenvalue weighted by Crippen LogP contribution is 2.23. The van der Waals surface area contributed by atoms with Gasteiger partial charge in [0.25, 0.3) is 0 Å². The van der Waals surface area contributed by atoms with E-state index < -0.39 is 5.97 Å². The maximum Gasteiger partial charge on any atom is 0.345 e. The van der Waals surface area contributed by atoms with E-state index in [9.17, 15) is 4.79 Å². The Balaban J connectivity index is 1.81. The topological polar surface area (TPSA) is 49.3 Å². The molecule has 0 bridgehead atoms. The van der Waals surface area contributed by atoms with Gasteiger partial charge in [0.05, 0.1) is 0 Å². The zero-order chi connectivity index (χ0) is 13.0. The molecular formula is C14H21NO2S. The van der Waals surface area contributed by atoms with Crippen molar-refractivity contribution in [3.63, 3.8) is 0 Å². The van der Waals surface area contributed by atoms with Crippen molar-refractivity contribution in [2.45, 2.75) is 51.6 Å². The Kier molecular flexibility index (Phi) is 4.78. The van der Waals surface area contributed by atoms with Gasteiger partial charge >= 0.3 is 5.97 Å². The Morgan fingerprint density at radius 1 is 1.39 bits per heavy atom. The van der Waals surface area contributed by atoms with Crippen molar-refractivity contribution in [2.24, 2.45) is 5.92 Å². The van der Waals surface area contributed by atoms with Crippen molar-refractivity contribution >= 4 is 17.3 Å². The summed E-state index contributed by atoms with van der Waals surface area (Å²) in [6.45, 7) is 3.14. The van der Waals surface area contributed by atoms with E-state index in [-0.39, 0.29) is 0 Å². The molecule has 0 aromatic carbocycles. The van der Waals surface area contributed by atoms with Crippen molar-refractivity contribution in [3.8, 4) is 0 Å². The average molecular weight is 267 g/mol. The molecule has 2 atom stereocenters. The summed E-state index contributed by atoms with van der Waals surface area (Å²) in [5.41, 5.74) is 0. The van der Waals surface area contributed by atoms with Crippen LogP contribution < -0.4 is 5.32 Å². The van der Waals surface area contributed by atoms with Crippen LogP contribution in [0.3, 0.4) is 0 Å². The number of rotatable bonds is 4. The van der Waals surface area contributed by atoms with E-state index in [1.807, 2.05) is 6.07 Å². The molecule has 18 heavy (non-hydrogen) atoms. The van der Waals surface area contributed by atoms with Gasteiger partial charge in [0.15, 0.2) is 0 Å². The molecule has 0 amide bonds. The average Bonchev–Trinajstić information content (AvgIpc) is 2.72. The Labute approximate surface area is 112 Å². The van der Waals surface area contributed by atoms with Crippen LogP contribution >= 0.6 is 11.3 Å². The quantitative estimate of drug-likeness (QED) is 0.821. The molecule has 0 spiro atoms. The summed E-state index contributed by atoms with van der Waals surface area (Å²) in [5, 5.41) is 12.4. The summed E-state index contributed by atoms with van der Waals surface area (Å²) in [6.07, 6.45) is 6.46. The third-order valence-electron chi connectivity index (χ3n) is 3.69. The van der Waals surface area contributed by atoms with Crippen LogP contribution in [0.1, 0.15) is 53.6 Å². The number of nitrogens with one attached hydrogen (secondary N) is 1. The summed E-state index contributed by atoms with van der Waals surface area (Å²) < 4.78 is 0. The predicted molar refractivity (Wildman–Crippen MR) is 74.2 cm³/mol. The molecule has 3 nitrogen and oxygen atoms in total. The van der Waals surface area contributed by atoms with Crippen LogP contribution in [-0.4, -0.2) is 17.1 Å². The fourth-order valence-electron chi connectivity index (χ4n) is 2.52. The van der Waals surface area contributed by atoms with Gasteiger partial charge in [-0.15, -0.1) is 11.3 Å². The molecule has 1 heterocycles. The van der Waals surface area contributed by atoms with Gasteiger partial charge in [-0.05, 0) is 37.3 Å². The first-order chi connectivity index (χ1) is 8.65. The lowest BCUT2D eigenvalue weighted by Gasteiger charge is -2.15. The number of carbonyl (C=O) groups is 1. The molecule has 1 aromatic heterocycles. The molecule has 100 valence electrons. The first-order valence-electron chi connectivity index (χ1n) is 6.70. The van der Waals surface area contributed by atoms with E-state index in [1.54, 1.807) is 6.07 Å². The Morgan fingerprint density at radius 2 is 2.22 bits per heavy atom. The number of aromatic carboxylic acids is 1. The minimum Gasteiger partial charge on any atom is -0.477 e. The van der Waals surface area contributed by atoms with E-state index in [1.165, 1.54) is 43.4 Å². The molecule has 2 N–H and O–H groups in total. The molecule has 0 saturated heterocycles. The van der Waals surface area contributed by atoms with E-state index in [2.05, 4.69) is 12.2 Å². The Hall–Kier alpha value is -0.870. The summed E-state index contributed by atoms with van der Waals surface area (Å²) >= 11 is 1.37. The van der Waals surface area contributed by atoms with E-state index >= 15 is 0 Å². The molecule has 0 aliphatic heterocycles. The van der Waals surface area contributed by atoms with Gasteiger partial charge < -0.3 is 10.4 Å². The molecular weight excluding hydrogens is 246 g/mol. The van der Waals surface area contributed by atoms with Gasteiger partial charge in [0, 0.05) is 17.5 Å². The van der Waals surface area contributed by atoms with Crippen LogP contribution in [-0.2, 0) is 6.54 Å². The lowest BCUT2D eigenvalue weighted by atomic mass is 10.0. The Morgan fingerprint density at radius 3 is 2.94 bits per heavy atom. The van der Waals surface area contributed by atoms with Crippen LogP contribution in [0.15, 0.2) is 12.1 Å². The van der Waals surface area contributed by atoms with E-state index in [0.29, 0.717) is 10.9 Å². The first kappa shape index (κ1) is 13.6. The molecule has 1 aliphatic rings. The van der Waals surface area contributed by atoms with Gasteiger partial charge in [0.2, 0.25) is 0 Å². The van der Waals surface area contributed by atoms with Crippen molar-refractivity contribution in [3.05, 3.63) is 21.9 Å². The monoisotopic (exact) mass is 267 g/mol. The van der Waals surface area contributed by atoms with E-state index in [4.69, 9.17) is 5.11 Å². The highest BCUT2D eigenvalue weighted by Gasteiger charge is 2.16. The second-order valence-electron chi connectivity index (χ2n) is 5.26. The van der Waals surface area contributed by atoms with Crippen LogP contribution in [0.25, 0.3) is 0 Å². The van der Waals surface area contributed by atoms with Crippen molar-refractivity contribution in [2.75, 3.05) is 0 Å². The molecule has 1 fully saturated rings. The lowest BCUT2D eigenvalue weighted by Crippen LogP contribution is -2.27. The summed E-state index contributed by atoms with van der Waals surface area (Å²) in [6, 6.07) is 4.21. The number of thiophene rings is 1.